The van der Waals surface area contributed by atoms with E-state index in [0.29, 0.717) is 11.8 Å². The van der Waals surface area contributed by atoms with Crippen LogP contribution < -0.4 is 0 Å². The second-order valence-corrected chi connectivity index (χ2v) is 5.10. The summed E-state index contributed by atoms with van der Waals surface area (Å²) in [5.41, 5.74) is 1.96. The Balaban J connectivity index is 1.93. The first-order chi connectivity index (χ1) is 8.25. The lowest BCUT2D eigenvalue weighted by Gasteiger charge is -2.18. The molecule has 2 aromatic rings. The molecule has 1 aromatic heterocycles. The fourth-order valence-corrected chi connectivity index (χ4v) is 2.45. The maximum Gasteiger partial charge on any atom is 0.0818 e. The van der Waals surface area contributed by atoms with Crippen LogP contribution in [-0.2, 0) is 0 Å². The van der Waals surface area contributed by atoms with E-state index in [9.17, 15) is 5.11 Å². The van der Waals surface area contributed by atoms with Crippen molar-refractivity contribution in [1.82, 2.24) is 4.98 Å². The maximum atomic E-state index is 10.3. The average Bonchev–Trinajstić information content (AvgIpc) is 3.21. The standard InChI is InChI=1S/C15H17NO/c1-10(11-4-5-11)15(17)13-7-6-12-3-2-8-16-14(12)9-13/h2-3,6-11,15,17H,4-5H2,1H3. The van der Waals surface area contributed by atoms with Gasteiger partial charge in [-0.2, -0.15) is 0 Å². The van der Waals surface area contributed by atoms with Crippen LogP contribution in [0.1, 0.15) is 31.4 Å². The molecule has 88 valence electrons. The lowest BCUT2D eigenvalue weighted by atomic mass is 9.93. The molecule has 0 aliphatic heterocycles. The summed E-state index contributed by atoms with van der Waals surface area (Å²) in [5.74, 6) is 1.07. The van der Waals surface area contributed by atoms with Crippen molar-refractivity contribution in [2.24, 2.45) is 11.8 Å². The van der Waals surface area contributed by atoms with E-state index in [1.165, 1.54) is 12.8 Å². The van der Waals surface area contributed by atoms with Gasteiger partial charge in [0.1, 0.15) is 0 Å². The number of aliphatic hydroxyl groups is 1. The zero-order valence-electron chi connectivity index (χ0n) is 10.0. The average molecular weight is 227 g/mol. The molecule has 2 nitrogen and oxygen atoms in total. The van der Waals surface area contributed by atoms with E-state index in [0.717, 1.165) is 16.5 Å². The number of hydrogen-bond acceptors (Lipinski definition) is 2. The van der Waals surface area contributed by atoms with Crippen molar-refractivity contribution < 1.29 is 5.11 Å². The summed E-state index contributed by atoms with van der Waals surface area (Å²) < 4.78 is 0. The number of hydrogen-bond donors (Lipinski definition) is 1. The molecule has 1 fully saturated rings. The highest BCUT2D eigenvalue weighted by Gasteiger charge is 2.33. The van der Waals surface area contributed by atoms with Gasteiger partial charge >= 0.3 is 0 Å². The number of aromatic nitrogens is 1. The minimum absolute atomic E-state index is 0.353. The lowest BCUT2D eigenvalue weighted by Crippen LogP contribution is -2.11. The van der Waals surface area contributed by atoms with Crippen LogP contribution in [0.25, 0.3) is 10.9 Å². The molecule has 0 amide bonds. The van der Waals surface area contributed by atoms with Gasteiger partial charge in [0.15, 0.2) is 0 Å². The predicted octanol–water partition coefficient (Wildman–Crippen LogP) is 3.31. The van der Waals surface area contributed by atoms with Crippen LogP contribution in [-0.4, -0.2) is 10.1 Å². The highest BCUT2D eigenvalue weighted by Crippen LogP contribution is 2.42. The zero-order chi connectivity index (χ0) is 11.8. The van der Waals surface area contributed by atoms with E-state index in [1.54, 1.807) is 6.20 Å². The van der Waals surface area contributed by atoms with E-state index in [2.05, 4.69) is 11.9 Å². The van der Waals surface area contributed by atoms with Crippen LogP contribution in [0.4, 0.5) is 0 Å². The SMILES string of the molecule is CC(C1CC1)C(O)c1ccc2cccnc2c1. The van der Waals surface area contributed by atoms with Crippen LogP contribution in [0.2, 0.25) is 0 Å². The predicted molar refractivity (Wildman–Crippen MR) is 68.6 cm³/mol. The third-order valence-electron chi connectivity index (χ3n) is 3.84. The van der Waals surface area contributed by atoms with E-state index < -0.39 is 0 Å². The number of nitrogens with zero attached hydrogens (tertiary/aromatic N) is 1. The summed E-state index contributed by atoms with van der Waals surface area (Å²) in [6.07, 6.45) is 3.98. The molecule has 1 aliphatic rings. The second kappa shape index (κ2) is 4.11. The molecular weight excluding hydrogens is 210 g/mol. The largest absolute Gasteiger partial charge is 0.388 e. The van der Waals surface area contributed by atoms with Gasteiger partial charge in [0.05, 0.1) is 11.6 Å². The van der Waals surface area contributed by atoms with Crippen LogP contribution in [0, 0.1) is 11.8 Å². The molecule has 0 saturated heterocycles. The Hall–Kier alpha value is -1.41. The molecule has 1 N–H and O–H groups in total. The third kappa shape index (κ3) is 2.05. The van der Waals surface area contributed by atoms with E-state index in [1.807, 2.05) is 30.3 Å². The summed E-state index contributed by atoms with van der Waals surface area (Å²) in [4.78, 5) is 4.33. The maximum absolute atomic E-state index is 10.3. The van der Waals surface area contributed by atoms with Crippen LogP contribution in [0.3, 0.4) is 0 Å². The van der Waals surface area contributed by atoms with E-state index in [-0.39, 0.29) is 6.10 Å². The molecule has 2 atom stereocenters. The lowest BCUT2D eigenvalue weighted by molar-refractivity contribution is 0.106. The summed E-state index contributed by atoms with van der Waals surface area (Å²) in [6, 6.07) is 10.1. The molecule has 2 unspecified atom stereocenters. The zero-order valence-corrected chi connectivity index (χ0v) is 10.0. The molecule has 17 heavy (non-hydrogen) atoms. The van der Waals surface area contributed by atoms with Crippen LogP contribution >= 0.6 is 0 Å². The Labute approximate surface area is 101 Å². The number of rotatable bonds is 3. The van der Waals surface area contributed by atoms with Gasteiger partial charge in [0.2, 0.25) is 0 Å². The van der Waals surface area contributed by atoms with Crippen molar-refractivity contribution in [2.75, 3.05) is 0 Å². The summed E-state index contributed by atoms with van der Waals surface area (Å²) in [7, 11) is 0. The monoisotopic (exact) mass is 227 g/mol. The van der Waals surface area contributed by atoms with Gasteiger partial charge < -0.3 is 5.11 Å². The molecule has 3 rings (SSSR count). The van der Waals surface area contributed by atoms with Gasteiger partial charge in [-0.05, 0) is 42.4 Å². The number of fused-ring (bicyclic) bond motifs is 1. The number of aliphatic hydroxyl groups excluding tert-OH is 1. The van der Waals surface area contributed by atoms with Gasteiger partial charge in [-0.15, -0.1) is 0 Å². The number of pyridine rings is 1. The Bertz CT molecular complexity index is 533. The van der Waals surface area contributed by atoms with Gasteiger partial charge in [-0.3, -0.25) is 4.98 Å². The molecule has 1 aliphatic carbocycles. The van der Waals surface area contributed by atoms with Crippen molar-refractivity contribution in [1.29, 1.82) is 0 Å². The highest BCUT2D eigenvalue weighted by atomic mass is 16.3. The van der Waals surface area contributed by atoms with Crippen molar-refractivity contribution in [3.8, 4) is 0 Å². The quantitative estimate of drug-likeness (QED) is 0.872. The summed E-state index contributed by atoms with van der Waals surface area (Å²) in [5, 5.41) is 11.5. The van der Waals surface area contributed by atoms with Crippen molar-refractivity contribution >= 4 is 10.9 Å². The van der Waals surface area contributed by atoms with Crippen LogP contribution in [0.5, 0.6) is 0 Å². The van der Waals surface area contributed by atoms with Gasteiger partial charge in [-0.25, -0.2) is 0 Å². The molecular formula is C15H17NO. The van der Waals surface area contributed by atoms with Crippen molar-refractivity contribution in [3.63, 3.8) is 0 Å². The first kappa shape index (κ1) is 10.7. The second-order valence-electron chi connectivity index (χ2n) is 5.10. The smallest absolute Gasteiger partial charge is 0.0818 e. The normalized spacial score (nSPS) is 19.2. The van der Waals surface area contributed by atoms with Gasteiger partial charge in [0.25, 0.3) is 0 Å². The Kier molecular flexibility index (Phi) is 2.60. The minimum atomic E-state index is -0.353. The molecule has 0 bridgehead atoms. The van der Waals surface area contributed by atoms with E-state index >= 15 is 0 Å². The fourth-order valence-electron chi connectivity index (χ4n) is 2.45. The summed E-state index contributed by atoms with van der Waals surface area (Å²) >= 11 is 0. The molecule has 2 heteroatoms. The Morgan fingerprint density at radius 1 is 1.29 bits per heavy atom. The molecule has 1 saturated carbocycles. The van der Waals surface area contributed by atoms with Crippen molar-refractivity contribution in [3.05, 3.63) is 42.1 Å². The number of benzene rings is 1. The van der Waals surface area contributed by atoms with Crippen molar-refractivity contribution in [2.45, 2.75) is 25.9 Å². The molecule has 0 radical (unpaired) electrons. The molecule has 0 spiro atoms. The van der Waals surface area contributed by atoms with Gasteiger partial charge in [0, 0.05) is 11.6 Å². The van der Waals surface area contributed by atoms with Gasteiger partial charge in [-0.1, -0.05) is 25.1 Å². The molecule has 1 heterocycles. The highest BCUT2D eigenvalue weighted by molar-refractivity contribution is 5.78. The topological polar surface area (TPSA) is 33.1 Å². The fraction of sp³-hybridized carbons (Fsp3) is 0.400. The Morgan fingerprint density at radius 2 is 2.12 bits per heavy atom. The third-order valence-corrected chi connectivity index (χ3v) is 3.84. The van der Waals surface area contributed by atoms with E-state index in [4.69, 9.17) is 0 Å². The first-order valence-electron chi connectivity index (χ1n) is 6.28. The Morgan fingerprint density at radius 3 is 2.88 bits per heavy atom. The first-order valence-corrected chi connectivity index (χ1v) is 6.28. The minimum Gasteiger partial charge on any atom is -0.388 e. The van der Waals surface area contributed by atoms with Crippen LogP contribution in [0.15, 0.2) is 36.5 Å². The molecule has 1 aromatic carbocycles. The summed E-state index contributed by atoms with van der Waals surface area (Å²) in [6.45, 7) is 2.14.